The molecule has 0 N–H and O–H groups in total. The van der Waals surface area contributed by atoms with Crippen LogP contribution in [-0.4, -0.2) is 10.9 Å². The zero-order chi connectivity index (χ0) is 10.9. The van der Waals surface area contributed by atoms with Crippen LogP contribution in [0.5, 0.6) is 0 Å². The Morgan fingerprint density at radius 3 is 2.57 bits per heavy atom. The van der Waals surface area contributed by atoms with E-state index in [0.29, 0.717) is 11.8 Å². The van der Waals surface area contributed by atoms with Crippen LogP contribution in [0.4, 0.5) is 0 Å². The fraction of sp³-hybridized carbons (Fsp3) is 0.222. The quantitative estimate of drug-likeness (QED) is 0.514. The van der Waals surface area contributed by atoms with Gasteiger partial charge in [0.1, 0.15) is 16.8 Å². The molecule has 0 unspecified atom stereocenters. The van der Waals surface area contributed by atoms with Crippen LogP contribution in [0.15, 0.2) is 4.79 Å². The van der Waals surface area contributed by atoms with Crippen molar-refractivity contribution < 1.29 is 4.79 Å². The number of nitrogens with zero attached hydrogens (tertiary/aromatic N) is 2. The lowest BCUT2D eigenvalue weighted by molar-refractivity contribution is 0.112. The number of carbonyl (C=O) groups is 1. The third-order valence-electron chi connectivity index (χ3n) is 2.04. The molecule has 0 saturated carbocycles. The lowest BCUT2D eigenvalue weighted by atomic mass is 10.1. The zero-order valence-electron chi connectivity index (χ0n) is 7.67. The summed E-state index contributed by atoms with van der Waals surface area (Å²) in [4.78, 5) is 22.1. The average molecular weight is 211 g/mol. The molecule has 0 aliphatic rings. The number of pyridine rings is 1. The summed E-state index contributed by atoms with van der Waals surface area (Å²) in [5.41, 5.74) is -0.0134. The van der Waals surface area contributed by atoms with Gasteiger partial charge in [0, 0.05) is 7.05 Å². The summed E-state index contributed by atoms with van der Waals surface area (Å²) in [5, 5.41) is 8.77. The number of aldehydes is 1. The van der Waals surface area contributed by atoms with Gasteiger partial charge in [0.05, 0.1) is 5.56 Å². The van der Waals surface area contributed by atoms with E-state index in [-0.39, 0.29) is 16.3 Å². The van der Waals surface area contributed by atoms with Crippen molar-refractivity contribution in [2.24, 2.45) is 7.05 Å². The fourth-order valence-corrected chi connectivity index (χ4v) is 1.42. The minimum absolute atomic E-state index is 0.0426. The number of carbonyl (C=O) groups excluding carboxylic acids is 1. The molecule has 1 aromatic heterocycles. The van der Waals surface area contributed by atoms with Crippen molar-refractivity contribution in [1.29, 1.82) is 5.26 Å². The third kappa shape index (κ3) is 1.32. The highest BCUT2D eigenvalue weighted by atomic mass is 35.5. The van der Waals surface area contributed by atoms with Crippen molar-refractivity contribution >= 4 is 17.9 Å². The summed E-state index contributed by atoms with van der Waals surface area (Å²) >= 11 is 5.76. The summed E-state index contributed by atoms with van der Waals surface area (Å²) in [5.74, 6) is 0. The predicted octanol–water partition coefficient (Wildman–Crippen LogP) is 1.03. The van der Waals surface area contributed by atoms with E-state index in [4.69, 9.17) is 16.9 Å². The number of halogens is 1. The zero-order valence-corrected chi connectivity index (χ0v) is 8.42. The first-order valence-corrected chi connectivity index (χ1v) is 4.16. The molecule has 0 bridgehead atoms. The molecule has 1 rings (SSSR count). The van der Waals surface area contributed by atoms with Crippen LogP contribution in [0.3, 0.4) is 0 Å². The van der Waals surface area contributed by atoms with Crippen LogP contribution in [0.2, 0.25) is 5.15 Å². The van der Waals surface area contributed by atoms with Crippen LogP contribution in [0.1, 0.15) is 21.5 Å². The number of nitriles is 1. The molecule has 1 heterocycles. The normalized spacial score (nSPS) is 9.57. The molecule has 4 nitrogen and oxygen atoms in total. The largest absolute Gasteiger partial charge is 0.300 e. The van der Waals surface area contributed by atoms with Gasteiger partial charge in [-0.15, -0.1) is 0 Å². The Hall–Kier alpha value is -1.60. The maximum Gasteiger partial charge on any atom is 0.269 e. The van der Waals surface area contributed by atoms with Gasteiger partial charge in [0.15, 0.2) is 6.29 Å². The van der Waals surface area contributed by atoms with E-state index < -0.39 is 5.56 Å². The molecule has 0 spiro atoms. The van der Waals surface area contributed by atoms with E-state index >= 15 is 0 Å². The molecule has 0 aliphatic heterocycles. The van der Waals surface area contributed by atoms with E-state index in [9.17, 15) is 9.59 Å². The maximum atomic E-state index is 11.4. The first-order chi connectivity index (χ1) is 6.54. The van der Waals surface area contributed by atoms with E-state index in [1.54, 1.807) is 6.07 Å². The molecule has 0 aliphatic carbocycles. The van der Waals surface area contributed by atoms with E-state index in [1.165, 1.54) is 14.0 Å². The molecule has 0 fully saturated rings. The number of hydrogen-bond acceptors (Lipinski definition) is 3. The summed E-state index contributed by atoms with van der Waals surface area (Å²) in [6.45, 7) is 1.52. The Kier molecular flexibility index (Phi) is 2.73. The Bertz CT molecular complexity index is 497. The lowest BCUT2D eigenvalue weighted by Crippen LogP contribution is -2.23. The molecular weight excluding hydrogens is 204 g/mol. The average Bonchev–Trinajstić information content (AvgIpc) is 2.16. The van der Waals surface area contributed by atoms with Crippen LogP contribution in [0, 0.1) is 18.3 Å². The van der Waals surface area contributed by atoms with Gasteiger partial charge in [0.2, 0.25) is 0 Å². The Labute approximate surface area is 85.3 Å². The first-order valence-electron chi connectivity index (χ1n) is 3.79. The Morgan fingerprint density at radius 2 is 2.14 bits per heavy atom. The van der Waals surface area contributed by atoms with Gasteiger partial charge in [-0.3, -0.25) is 9.59 Å². The second-order valence-electron chi connectivity index (χ2n) is 2.80. The topological polar surface area (TPSA) is 62.9 Å². The molecule has 0 aromatic carbocycles. The van der Waals surface area contributed by atoms with Crippen molar-refractivity contribution in [2.75, 3.05) is 0 Å². The number of hydrogen-bond donors (Lipinski definition) is 0. The molecule has 14 heavy (non-hydrogen) atoms. The summed E-state index contributed by atoms with van der Waals surface area (Å²) in [7, 11) is 1.41. The van der Waals surface area contributed by atoms with Gasteiger partial charge >= 0.3 is 0 Å². The second-order valence-corrected chi connectivity index (χ2v) is 3.16. The fourth-order valence-electron chi connectivity index (χ4n) is 1.16. The lowest BCUT2D eigenvalue weighted by Gasteiger charge is -2.07. The Morgan fingerprint density at radius 1 is 1.57 bits per heavy atom. The summed E-state index contributed by atoms with van der Waals surface area (Å²) < 4.78 is 1.08. The Balaban J connectivity index is 3.85. The number of aromatic nitrogens is 1. The maximum absolute atomic E-state index is 11.4. The molecule has 72 valence electrons. The van der Waals surface area contributed by atoms with Crippen molar-refractivity contribution in [3.05, 3.63) is 32.2 Å². The van der Waals surface area contributed by atoms with Crippen LogP contribution >= 0.6 is 11.6 Å². The molecular formula is C9H7ClN2O2. The van der Waals surface area contributed by atoms with Gasteiger partial charge in [-0.25, -0.2) is 0 Å². The van der Waals surface area contributed by atoms with E-state index in [1.807, 2.05) is 0 Å². The van der Waals surface area contributed by atoms with E-state index in [2.05, 4.69) is 0 Å². The minimum atomic E-state index is -0.486. The van der Waals surface area contributed by atoms with Crippen LogP contribution in [0.25, 0.3) is 0 Å². The van der Waals surface area contributed by atoms with Gasteiger partial charge in [0.25, 0.3) is 5.56 Å². The summed E-state index contributed by atoms with van der Waals surface area (Å²) in [6, 6.07) is 1.76. The van der Waals surface area contributed by atoms with Gasteiger partial charge in [-0.1, -0.05) is 11.6 Å². The third-order valence-corrected chi connectivity index (χ3v) is 2.50. The van der Waals surface area contributed by atoms with Crippen LogP contribution in [-0.2, 0) is 7.05 Å². The van der Waals surface area contributed by atoms with Crippen molar-refractivity contribution in [1.82, 2.24) is 4.57 Å². The summed E-state index contributed by atoms with van der Waals surface area (Å²) in [6.07, 6.45) is 0.540. The van der Waals surface area contributed by atoms with Gasteiger partial charge in [-0.2, -0.15) is 5.26 Å². The van der Waals surface area contributed by atoms with Gasteiger partial charge < -0.3 is 4.57 Å². The van der Waals surface area contributed by atoms with Crippen molar-refractivity contribution in [3.8, 4) is 6.07 Å². The van der Waals surface area contributed by atoms with E-state index in [0.717, 1.165) is 4.57 Å². The van der Waals surface area contributed by atoms with Crippen molar-refractivity contribution in [3.63, 3.8) is 0 Å². The standard InChI is InChI=1S/C9H7ClN2O2/c1-5-6(3-11)9(14)12(2)8(10)7(5)4-13/h4H,1-2H3. The monoisotopic (exact) mass is 210 g/mol. The molecule has 1 aromatic rings. The predicted molar refractivity (Wildman–Crippen MR) is 51.5 cm³/mol. The first kappa shape index (κ1) is 10.5. The molecule has 0 saturated heterocycles. The van der Waals surface area contributed by atoms with Crippen LogP contribution < -0.4 is 5.56 Å². The molecule has 0 amide bonds. The highest BCUT2D eigenvalue weighted by molar-refractivity contribution is 6.32. The highest BCUT2D eigenvalue weighted by Crippen LogP contribution is 2.17. The molecule has 5 heteroatoms. The molecule has 0 radical (unpaired) electrons. The smallest absolute Gasteiger partial charge is 0.269 e. The second kappa shape index (κ2) is 3.64. The number of rotatable bonds is 1. The SMILES string of the molecule is Cc1c(C=O)c(Cl)n(C)c(=O)c1C#N. The highest BCUT2D eigenvalue weighted by Gasteiger charge is 2.15. The van der Waals surface area contributed by atoms with Gasteiger partial charge in [-0.05, 0) is 12.5 Å². The minimum Gasteiger partial charge on any atom is -0.300 e. The molecule has 0 atom stereocenters. The van der Waals surface area contributed by atoms with Crippen molar-refractivity contribution in [2.45, 2.75) is 6.92 Å².